The highest BCUT2D eigenvalue weighted by Crippen LogP contribution is 2.40. The van der Waals surface area contributed by atoms with Gasteiger partial charge in [-0.1, -0.05) is 23.2 Å². The summed E-state index contributed by atoms with van der Waals surface area (Å²) < 4.78 is 10.5. The normalized spacial score (nSPS) is 19.8. The van der Waals surface area contributed by atoms with E-state index < -0.39 is 46.1 Å². The Morgan fingerprint density at radius 1 is 1.10 bits per heavy atom. The molecule has 2 amide bonds. The molecule has 0 saturated carbocycles. The number of ether oxygens (including phenoxy) is 2. The van der Waals surface area contributed by atoms with Gasteiger partial charge in [0.1, 0.15) is 24.6 Å². The number of halogens is 2. The minimum Gasteiger partial charge on any atom is -0.461 e. The van der Waals surface area contributed by atoms with E-state index in [0.717, 1.165) is 0 Å². The number of carbonyl (C=O) groups excluding carboxylic acids is 4. The lowest BCUT2D eigenvalue weighted by Gasteiger charge is -2.51. The summed E-state index contributed by atoms with van der Waals surface area (Å²) in [4.78, 5) is 61.9. The van der Waals surface area contributed by atoms with Crippen LogP contribution in [0.15, 0.2) is 53.4 Å². The first-order chi connectivity index (χ1) is 18.5. The monoisotopic (exact) mass is 593 g/mol. The summed E-state index contributed by atoms with van der Waals surface area (Å²) in [6.07, 6.45) is -0.102. The molecule has 1 N–H and O–H groups in total. The molecule has 2 aliphatic heterocycles. The molecule has 39 heavy (non-hydrogen) atoms. The summed E-state index contributed by atoms with van der Waals surface area (Å²) in [7, 11) is 0. The van der Waals surface area contributed by atoms with Gasteiger partial charge in [-0.25, -0.2) is 4.79 Å². The number of rotatable bonds is 9. The Kier molecular flexibility index (Phi) is 8.78. The molecule has 2 aromatic rings. The summed E-state index contributed by atoms with van der Waals surface area (Å²) in [6, 6.07) is 8.11. The van der Waals surface area contributed by atoms with Crippen molar-refractivity contribution in [2.24, 2.45) is 0 Å². The zero-order valence-corrected chi connectivity index (χ0v) is 22.6. The number of nitro groups is 1. The van der Waals surface area contributed by atoms with Gasteiger partial charge in [0.05, 0.1) is 11.3 Å². The third-order valence-corrected chi connectivity index (χ3v) is 7.76. The van der Waals surface area contributed by atoms with Crippen LogP contribution >= 0.6 is 35.0 Å². The van der Waals surface area contributed by atoms with Crippen LogP contribution in [-0.4, -0.2) is 57.6 Å². The SMILES string of the molecule is CC(=O)OCC1=CS[C@H]2C(NC(=O)Cc3cc(Cl)ccc3Cl)C(=O)N2C1C(=O)OCc1ccc([N+](=O)[O-])cc1. The average molecular weight is 594 g/mol. The van der Waals surface area contributed by atoms with E-state index >= 15 is 0 Å². The molecule has 0 aliphatic carbocycles. The minimum absolute atomic E-state index is 0.102. The smallest absolute Gasteiger partial charge is 0.333 e. The lowest BCUT2D eigenvalue weighted by molar-refractivity contribution is -0.384. The highest BCUT2D eigenvalue weighted by Gasteiger charge is 2.56. The van der Waals surface area contributed by atoms with Gasteiger partial charge in [-0.2, -0.15) is 0 Å². The third kappa shape index (κ3) is 6.52. The molecule has 0 aromatic heterocycles. The number of benzene rings is 2. The van der Waals surface area contributed by atoms with Gasteiger partial charge in [0.25, 0.3) is 5.69 Å². The highest BCUT2D eigenvalue weighted by atomic mass is 35.5. The molecule has 0 spiro atoms. The number of nitro benzene ring substituents is 1. The van der Waals surface area contributed by atoms with Crippen molar-refractivity contribution in [3.8, 4) is 0 Å². The van der Waals surface area contributed by atoms with Crippen LogP contribution in [0.5, 0.6) is 0 Å². The summed E-state index contributed by atoms with van der Waals surface area (Å²) in [6.45, 7) is 0.781. The number of non-ortho nitro benzene ring substituents is 1. The second-order valence-electron chi connectivity index (χ2n) is 8.64. The number of carbonyl (C=O) groups is 4. The molecule has 2 aliphatic rings. The number of esters is 2. The fourth-order valence-electron chi connectivity index (χ4n) is 4.02. The van der Waals surface area contributed by atoms with E-state index in [4.69, 9.17) is 32.7 Å². The number of thioether (sulfide) groups is 1. The molecular weight excluding hydrogens is 573 g/mol. The largest absolute Gasteiger partial charge is 0.461 e. The van der Waals surface area contributed by atoms with Crippen molar-refractivity contribution in [2.75, 3.05) is 6.61 Å². The molecule has 1 fully saturated rings. The first-order valence-corrected chi connectivity index (χ1v) is 13.2. The van der Waals surface area contributed by atoms with Gasteiger partial charge in [0, 0.05) is 34.7 Å². The quantitative estimate of drug-likeness (QED) is 0.200. The van der Waals surface area contributed by atoms with Crippen molar-refractivity contribution in [3.05, 3.63) is 84.7 Å². The Balaban J connectivity index is 1.45. The Bertz CT molecular complexity index is 1370. The second kappa shape index (κ2) is 12.1. The van der Waals surface area contributed by atoms with Crippen LogP contribution in [-0.2, 0) is 41.7 Å². The van der Waals surface area contributed by atoms with Crippen LogP contribution in [0.3, 0.4) is 0 Å². The zero-order valence-electron chi connectivity index (χ0n) is 20.3. The number of amides is 2. The zero-order chi connectivity index (χ0) is 28.3. The predicted octanol–water partition coefficient (Wildman–Crippen LogP) is 3.40. The summed E-state index contributed by atoms with van der Waals surface area (Å²) in [5, 5.41) is 15.3. The molecule has 3 atom stereocenters. The van der Waals surface area contributed by atoms with Crippen molar-refractivity contribution in [2.45, 2.75) is 37.4 Å². The maximum absolute atomic E-state index is 13.1. The molecule has 2 aromatic carbocycles. The van der Waals surface area contributed by atoms with Crippen molar-refractivity contribution < 1.29 is 33.6 Å². The molecular formula is C25H21Cl2N3O8S. The molecule has 204 valence electrons. The van der Waals surface area contributed by atoms with E-state index in [9.17, 15) is 29.3 Å². The van der Waals surface area contributed by atoms with Crippen molar-refractivity contribution in [1.82, 2.24) is 10.2 Å². The predicted molar refractivity (Wildman–Crippen MR) is 142 cm³/mol. The van der Waals surface area contributed by atoms with Crippen LogP contribution < -0.4 is 5.32 Å². The van der Waals surface area contributed by atoms with Crippen molar-refractivity contribution in [1.29, 1.82) is 0 Å². The molecule has 0 radical (unpaired) electrons. The molecule has 14 heteroatoms. The maximum Gasteiger partial charge on any atom is 0.333 e. The van der Waals surface area contributed by atoms with Gasteiger partial charge in [-0.3, -0.25) is 24.5 Å². The number of nitrogens with zero attached hydrogens (tertiary/aromatic N) is 2. The summed E-state index contributed by atoms with van der Waals surface area (Å²) in [5.74, 6) is -2.31. The third-order valence-electron chi connectivity index (χ3n) is 5.94. The van der Waals surface area contributed by atoms with E-state index in [-0.39, 0.29) is 25.3 Å². The van der Waals surface area contributed by atoms with Crippen molar-refractivity contribution >= 4 is 64.4 Å². The highest BCUT2D eigenvalue weighted by molar-refractivity contribution is 8.03. The van der Waals surface area contributed by atoms with E-state index in [2.05, 4.69) is 5.32 Å². The minimum atomic E-state index is -1.18. The number of hydrogen-bond acceptors (Lipinski definition) is 9. The van der Waals surface area contributed by atoms with E-state index in [1.807, 2.05) is 0 Å². The average Bonchev–Trinajstić information content (AvgIpc) is 2.90. The maximum atomic E-state index is 13.1. The Morgan fingerprint density at radius 2 is 1.82 bits per heavy atom. The van der Waals surface area contributed by atoms with E-state index in [1.54, 1.807) is 23.6 Å². The summed E-state index contributed by atoms with van der Waals surface area (Å²) in [5.41, 5.74) is 1.23. The first-order valence-electron chi connectivity index (χ1n) is 11.5. The molecule has 2 heterocycles. The van der Waals surface area contributed by atoms with E-state index in [1.165, 1.54) is 47.9 Å². The van der Waals surface area contributed by atoms with Crippen LogP contribution in [0.25, 0.3) is 0 Å². The number of nitrogens with one attached hydrogen (secondary N) is 1. The van der Waals surface area contributed by atoms with Crippen LogP contribution in [0, 0.1) is 10.1 Å². The Morgan fingerprint density at radius 3 is 2.49 bits per heavy atom. The number of β-lactam (4-membered cyclic amide) rings is 1. The summed E-state index contributed by atoms with van der Waals surface area (Å²) >= 11 is 13.3. The van der Waals surface area contributed by atoms with Gasteiger partial charge < -0.3 is 19.7 Å². The molecule has 11 nitrogen and oxygen atoms in total. The van der Waals surface area contributed by atoms with Gasteiger partial charge in [0.2, 0.25) is 11.8 Å². The fraction of sp³-hybridized carbons (Fsp3) is 0.280. The van der Waals surface area contributed by atoms with Gasteiger partial charge in [-0.05, 0) is 46.9 Å². The standard InChI is InChI=1S/C25H21Cl2N3O8S/c1-13(31)37-11-16-12-39-24-21(28-20(32)9-15-8-17(26)4-7-19(15)27)23(33)29(24)22(16)25(34)38-10-14-2-5-18(6-3-14)30(35)36/h2-8,12,21-22,24H,9-11H2,1H3,(H,28,32)/t21?,22?,24-/m0/s1. The van der Waals surface area contributed by atoms with Gasteiger partial charge in [-0.15, -0.1) is 11.8 Å². The van der Waals surface area contributed by atoms with Crippen molar-refractivity contribution in [3.63, 3.8) is 0 Å². The molecule has 1 saturated heterocycles. The van der Waals surface area contributed by atoms with Gasteiger partial charge in [0.15, 0.2) is 6.04 Å². The molecule has 4 rings (SSSR count). The lowest BCUT2D eigenvalue weighted by Crippen LogP contribution is -2.74. The van der Waals surface area contributed by atoms with Gasteiger partial charge >= 0.3 is 11.9 Å². The van der Waals surface area contributed by atoms with E-state index in [0.29, 0.717) is 26.7 Å². The molecule has 0 bridgehead atoms. The van der Waals surface area contributed by atoms with Crippen LogP contribution in [0.2, 0.25) is 10.0 Å². The van der Waals surface area contributed by atoms with Crippen LogP contribution in [0.1, 0.15) is 18.1 Å². The Hall–Kier alpha value is -3.61. The van der Waals surface area contributed by atoms with Crippen LogP contribution in [0.4, 0.5) is 5.69 Å². The Labute approximate surface area is 236 Å². The molecule has 2 unspecified atom stereocenters. The second-order valence-corrected chi connectivity index (χ2v) is 10.5. The topological polar surface area (TPSA) is 145 Å². The number of fused-ring (bicyclic) bond motifs is 1. The fourth-order valence-corrected chi connectivity index (χ4v) is 5.61. The number of hydrogen-bond donors (Lipinski definition) is 1. The first kappa shape index (κ1) is 28.4. The lowest BCUT2D eigenvalue weighted by atomic mass is 9.98.